The van der Waals surface area contributed by atoms with Crippen LogP contribution in [0.25, 0.3) is 6.08 Å². The van der Waals surface area contributed by atoms with Gasteiger partial charge in [0.25, 0.3) is 0 Å². The number of hydrogen-bond donors (Lipinski definition) is 1. The van der Waals surface area contributed by atoms with Crippen LogP contribution < -0.4 is 5.32 Å². The topological polar surface area (TPSA) is 55.2 Å². The van der Waals surface area contributed by atoms with Crippen molar-refractivity contribution in [1.82, 2.24) is 5.32 Å². The molecule has 0 unspecified atom stereocenters. The summed E-state index contributed by atoms with van der Waals surface area (Å²) in [4.78, 5) is 11.1. The lowest BCUT2D eigenvalue weighted by Crippen LogP contribution is -2.21. The first-order chi connectivity index (χ1) is 7.99. The van der Waals surface area contributed by atoms with Gasteiger partial charge in [-0.15, -0.1) is 0 Å². The molecule has 0 amide bonds. The number of hydrogen-bond acceptors (Lipinski definition) is 4. The molecule has 1 heterocycles. The molecule has 4 nitrogen and oxygen atoms in total. The number of nitro groups is 1. The molecule has 5 heteroatoms. The fourth-order valence-corrected chi connectivity index (χ4v) is 2.22. The summed E-state index contributed by atoms with van der Waals surface area (Å²) in [6, 6.07) is 3.33. The zero-order valence-electron chi connectivity index (χ0n) is 10.4. The minimum atomic E-state index is -0.353. The molecule has 0 aromatic carbocycles. The molecule has 0 spiro atoms. The standard InChI is InChI=1S/C12H18N2O2S/c1-9(2)7-13-8-10(3)6-11-4-5-12(17-11)14(15)16/h4-6,9,13H,7-8H2,1-3H3/b10-6+. The van der Waals surface area contributed by atoms with E-state index in [1.165, 1.54) is 16.9 Å². The SMILES string of the molecule is C/C(=C\c1ccc([N+](=O)[O-])s1)CNCC(C)C. The lowest BCUT2D eigenvalue weighted by atomic mass is 10.2. The van der Waals surface area contributed by atoms with Gasteiger partial charge in [0.05, 0.1) is 4.92 Å². The third-order valence-corrected chi connectivity index (χ3v) is 3.12. The molecule has 0 saturated carbocycles. The van der Waals surface area contributed by atoms with E-state index in [9.17, 15) is 10.1 Å². The van der Waals surface area contributed by atoms with Gasteiger partial charge in [-0.25, -0.2) is 0 Å². The van der Waals surface area contributed by atoms with Crippen LogP contribution >= 0.6 is 11.3 Å². The quantitative estimate of drug-likeness (QED) is 0.626. The van der Waals surface area contributed by atoms with E-state index in [1.807, 2.05) is 13.0 Å². The molecule has 94 valence electrons. The van der Waals surface area contributed by atoms with Crippen molar-refractivity contribution in [3.8, 4) is 0 Å². The molecular weight excluding hydrogens is 236 g/mol. The molecule has 0 aliphatic carbocycles. The largest absolute Gasteiger partial charge is 0.324 e. The van der Waals surface area contributed by atoms with E-state index < -0.39 is 0 Å². The van der Waals surface area contributed by atoms with Crippen LogP contribution in [0.1, 0.15) is 25.6 Å². The van der Waals surface area contributed by atoms with Crippen LogP contribution in [0.15, 0.2) is 17.7 Å². The Morgan fingerprint density at radius 3 is 2.82 bits per heavy atom. The van der Waals surface area contributed by atoms with Crippen LogP contribution in [-0.2, 0) is 0 Å². The molecule has 17 heavy (non-hydrogen) atoms. The molecule has 1 aromatic rings. The van der Waals surface area contributed by atoms with Crippen LogP contribution in [0.5, 0.6) is 0 Å². The predicted octanol–water partition coefficient (Wildman–Crippen LogP) is 3.31. The van der Waals surface area contributed by atoms with Gasteiger partial charge >= 0.3 is 5.00 Å². The summed E-state index contributed by atoms with van der Waals surface area (Å²) in [6.07, 6.45) is 1.99. The number of rotatable bonds is 6. The maximum Gasteiger partial charge on any atom is 0.324 e. The van der Waals surface area contributed by atoms with E-state index in [0.717, 1.165) is 18.0 Å². The van der Waals surface area contributed by atoms with Crippen molar-refractivity contribution in [2.75, 3.05) is 13.1 Å². The zero-order chi connectivity index (χ0) is 12.8. The van der Waals surface area contributed by atoms with Gasteiger partial charge in [-0.2, -0.15) is 0 Å². The van der Waals surface area contributed by atoms with Crippen LogP contribution in [0.3, 0.4) is 0 Å². The average molecular weight is 254 g/mol. The molecule has 0 bridgehead atoms. The Bertz CT molecular complexity index is 410. The molecule has 1 rings (SSSR count). The Balaban J connectivity index is 2.52. The van der Waals surface area contributed by atoms with Crippen molar-refractivity contribution in [1.29, 1.82) is 0 Å². The lowest BCUT2D eigenvalue weighted by molar-refractivity contribution is -0.380. The maximum atomic E-state index is 10.5. The van der Waals surface area contributed by atoms with Crippen LogP contribution in [0.2, 0.25) is 0 Å². The van der Waals surface area contributed by atoms with Crippen LogP contribution in [0.4, 0.5) is 5.00 Å². The first-order valence-electron chi connectivity index (χ1n) is 5.61. The summed E-state index contributed by atoms with van der Waals surface area (Å²) in [6.45, 7) is 8.15. The summed E-state index contributed by atoms with van der Waals surface area (Å²) in [5.41, 5.74) is 1.18. The molecule has 0 aliphatic heterocycles. The second kappa shape index (κ2) is 6.51. The smallest absolute Gasteiger partial charge is 0.313 e. The maximum absolute atomic E-state index is 10.5. The van der Waals surface area contributed by atoms with Crippen LogP contribution in [-0.4, -0.2) is 18.0 Å². The van der Waals surface area contributed by atoms with Gasteiger partial charge in [-0.05, 0) is 31.5 Å². The van der Waals surface area contributed by atoms with E-state index >= 15 is 0 Å². The van der Waals surface area contributed by atoms with E-state index in [1.54, 1.807) is 12.1 Å². The third-order valence-electron chi connectivity index (χ3n) is 2.14. The Kier molecular flexibility index (Phi) is 5.31. The third kappa shape index (κ3) is 5.10. The summed E-state index contributed by atoms with van der Waals surface area (Å²) >= 11 is 1.21. The van der Waals surface area contributed by atoms with Gasteiger partial charge in [-0.3, -0.25) is 10.1 Å². The van der Waals surface area contributed by atoms with Crippen molar-refractivity contribution in [2.45, 2.75) is 20.8 Å². The number of nitrogens with one attached hydrogen (secondary N) is 1. The summed E-state index contributed by atoms with van der Waals surface area (Å²) < 4.78 is 0. The van der Waals surface area contributed by atoms with Gasteiger partial charge in [0, 0.05) is 17.5 Å². The van der Waals surface area contributed by atoms with Crippen molar-refractivity contribution in [3.05, 3.63) is 32.7 Å². The Morgan fingerprint density at radius 2 is 2.29 bits per heavy atom. The highest BCUT2D eigenvalue weighted by atomic mass is 32.1. The van der Waals surface area contributed by atoms with Crippen molar-refractivity contribution in [2.24, 2.45) is 5.92 Å². The summed E-state index contributed by atoms with van der Waals surface area (Å²) in [5, 5.41) is 14.1. The highest BCUT2D eigenvalue weighted by Gasteiger charge is 2.08. The molecule has 0 fully saturated rings. The normalized spacial score (nSPS) is 12.1. The Morgan fingerprint density at radius 1 is 1.59 bits per heavy atom. The van der Waals surface area contributed by atoms with Gasteiger partial charge < -0.3 is 5.32 Å². The van der Waals surface area contributed by atoms with E-state index in [0.29, 0.717) is 5.92 Å². The predicted molar refractivity (Wildman–Crippen MR) is 72.3 cm³/mol. The molecular formula is C12H18N2O2S. The van der Waals surface area contributed by atoms with Gasteiger partial charge in [0.15, 0.2) is 0 Å². The first kappa shape index (κ1) is 13.9. The second-order valence-corrected chi connectivity index (χ2v) is 5.54. The Labute approximate surface area is 106 Å². The minimum Gasteiger partial charge on any atom is -0.313 e. The van der Waals surface area contributed by atoms with Gasteiger partial charge in [0.1, 0.15) is 0 Å². The highest BCUT2D eigenvalue weighted by Crippen LogP contribution is 2.25. The average Bonchev–Trinajstić information content (AvgIpc) is 2.65. The Hall–Kier alpha value is -1.20. The molecule has 0 radical (unpaired) electrons. The molecule has 0 aliphatic rings. The fraction of sp³-hybridized carbons (Fsp3) is 0.500. The fourth-order valence-electron chi connectivity index (χ4n) is 1.37. The highest BCUT2D eigenvalue weighted by molar-refractivity contribution is 7.16. The van der Waals surface area contributed by atoms with Crippen molar-refractivity contribution in [3.63, 3.8) is 0 Å². The van der Waals surface area contributed by atoms with E-state index in [2.05, 4.69) is 19.2 Å². The first-order valence-corrected chi connectivity index (χ1v) is 6.43. The van der Waals surface area contributed by atoms with Crippen molar-refractivity contribution >= 4 is 22.4 Å². The second-order valence-electron chi connectivity index (χ2n) is 4.45. The van der Waals surface area contributed by atoms with E-state index in [-0.39, 0.29) is 9.92 Å². The van der Waals surface area contributed by atoms with Crippen LogP contribution in [0, 0.1) is 16.0 Å². The molecule has 1 N–H and O–H groups in total. The monoisotopic (exact) mass is 254 g/mol. The minimum absolute atomic E-state index is 0.194. The summed E-state index contributed by atoms with van der Waals surface area (Å²) in [5.74, 6) is 0.630. The molecule has 0 saturated heterocycles. The molecule has 1 aromatic heterocycles. The molecule has 0 atom stereocenters. The van der Waals surface area contributed by atoms with E-state index in [4.69, 9.17) is 0 Å². The van der Waals surface area contributed by atoms with Gasteiger partial charge in [0.2, 0.25) is 0 Å². The lowest BCUT2D eigenvalue weighted by Gasteiger charge is -2.06. The van der Waals surface area contributed by atoms with Crippen molar-refractivity contribution < 1.29 is 4.92 Å². The number of nitrogens with zero attached hydrogens (tertiary/aromatic N) is 1. The zero-order valence-corrected chi connectivity index (χ0v) is 11.2. The van der Waals surface area contributed by atoms with Gasteiger partial charge in [-0.1, -0.05) is 30.8 Å². The number of thiophene rings is 1. The summed E-state index contributed by atoms with van der Waals surface area (Å²) in [7, 11) is 0.